The second kappa shape index (κ2) is 8.25. The Labute approximate surface area is 175 Å². The molecule has 0 saturated carbocycles. The maximum Gasteiger partial charge on any atom is 0.416 e. The van der Waals surface area contributed by atoms with Crippen LogP contribution in [0.5, 0.6) is 11.5 Å². The predicted octanol–water partition coefficient (Wildman–Crippen LogP) is 4.50. The van der Waals surface area contributed by atoms with E-state index in [-0.39, 0.29) is 30.4 Å². The quantitative estimate of drug-likeness (QED) is 0.648. The van der Waals surface area contributed by atoms with Gasteiger partial charge in [0.15, 0.2) is 0 Å². The first-order valence-electron chi connectivity index (χ1n) is 9.43. The Morgan fingerprint density at radius 1 is 1.16 bits per heavy atom. The number of fused-ring (bicyclic) bond motifs is 1. The summed E-state index contributed by atoms with van der Waals surface area (Å²) in [6.45, 7) is -0.250. The fraction of sp³-hybridized carbons (Fsp3) is 0.227. The topological polar surface area (TPSA) is 76.6 Å². The van der Waals surface area contributed by atoms with E-state index >= 15 is 0 Å². The highest BCUT2D eigenvalue weighted by Gasteiger charge is 2.33. The molecule has 0 bridgehead atoms. The van der Waals surface area contributed by atoms with Crippen LogP contribution in [0.15, 0.2) is 53.7 Å². The van der Waals surface area contributed by atoms with Crippen molar-refractivity contribution in [1.82, 2.24) is 10.2 Å². The van der Waals surface area contributed by atoms with E-state index in [1.165, 1.54) is 31.5 Å². The summed E-state index contributed by atoms with van der Waals surface area (Å²) in [4.78, 5) is 16.0. The third-order valence-corrected chi connectivity index (χ3v) is 5.08. The smallest absolute Gasteiger partial charge is 0.416 e. The van der Waals surface area contributed by atoms with E-state index < -0.39 is 11.7 Å². The highest BCUT2D eigenvalue weighted by molar-refractivity contribution is 5.94. The fourth-order valence-electron chi connectivity index (χ4n) is 3.59. The molecule has 3 aromatic rings. The molecule has 6 nitrogen and oxygen atoms in total. The van der Waals surface area contributed by atoms with Crippen LogP contribution in [0, 0.1) is 0 Å². The van der Waals surface area contributed by atoms with Crippen LogP contribution in [0.2, 0.25) is 0 Å². The van der Waals surface area contributed by atoms with Crippen LogP contribution in [0.4, 0.5) is 13.2 Å². The highest BCUT2D eigenvalue weighted by Crippen LogP contribution is 2.39. The van der Waals surface area contributed by atoms with Gasteiger partial charge in [-0.05, 0) is 12.1 Å². The minimum absolute atomic E-state index is 0.0348. The molecule has 0 saturated heterocycles. The number of carbonyl (C=O) groups excluding carboxylic acids is 1. The lowest BCUT2D eigenvalue weighted by molar-refractivity contribution is -0.138. The lowest BCUT2D eigenvalue weighted by atomic mass is 9.88. The van der Waals surface area contributed by atoms with E-state index in [4.69, 9.17) is 9.47 Å². The molecular weight excluding hydrogens is 411 g/mol. The molecule has 0 aliphatic carbocycles. The lowest BCUT2D eigenvalue weighted by Crippen LogP contribution is -2.11. The number of aromatic amines is 1. The molecule has 160 valence electrons. The van der Waals surface area contributed by atoms with Crippen molar-refractivity contribution in [2.24, 2.45) is 4.99 Å². The van der Waals surface area contributed by atoms with E-state index in [2.05, 4.69) is 15.2 Å². The van der Waals surface area contributed by atoms with E-state index in [1.807, 2.05) is 0 Å². The molecule has 4 rings (SSSR count). The Hall–Kier alpha value is -3.62. The number of alkyl halides is 3. The maximum absolute atomic E-state index is 13.2. The largest absolute Gasteiger partial charge is 0.496 e. The Morgan fingerprint density at radius 3 is 2.74 bits per heavy atom. The monoisotopic (exact) mass is 429 g/mol. The van der Waals surface area contributed by atoms with Gasteiger partial charge in [-0.25, -0.2) is 4.99 Å². The molecule has 1 N–H and O–H groups in total. The first-order chi connectivity index (χ1) is 14.9. The number of H-pyrrole nitrogens is 1. The molecule has 31 heavy (non-hydrogen) atoms. The van der Waals surface area contributed by atoms with Gasteiger partial charge in [-0.1, -0.05) is 24.3 Å². The van der Waals surface area contributed by atoms with Gasteiger partial charge in [0.1, 0.15) is 23.8 Å². The van der Waals surface area contributed by atoms with Gasteiger partial charge in [0.05, 0.1) is 18.9 Å². The normalized spacial score (nSPS) is 16.0. The summed E-state index contributed by atoms with van der Waals surface area (Å²) in [5, 5.41) is 6.88. The minimum atomic E-state index is -4.46. The summed E-state index contributed by atoms with van der Waals surface area (Å²) in [5.74, 6) is 0.183. The van der Waals surface area contributed by atoms with Crippen molar-refractivity contribution in [3.8, 4) is 11.5 Å². The molecule has 2 aromatic carbocycles. The number of hydrogen-bond donors (Lipinski definition) is 1. The van der Waals surface area contributed by atoms with Gasteiger partial charge in [-0.3, -0.25) is 9.89 Å². The van der Waals surface area contributed by atoms with Crippen LogP contribution < -0.4 is 9.47 Å². The number of carbonyl (C=O) groups is 1. The molecule has 1 amide bonds. The number of methoxy groups -OCH3 is 1. The zero-order valence-corrected chi connectivity index (χ0v) is 16.4. The van der Waals surface area contributed by atoms with Crippen molar-refractivity contribution in [3.05, 3.63) is 76.6 Å². The summed E-state index contributed by atoms with van der Waals surface area (Å²) >= 11 is 0. The van der Waals surface area contributed by atoms with Crippen LogP contribution in [0.3, 0.4) is 0 Å². The van der Waals surface area contributed by atoms with Crippen molar-refractivity contribution < 1.29 is 27.4 Å². The number of halogens is 3. The van der Waals surface area contributed by atoms with E-state index in [0.717, 1.165) is 17.2 Å². The van der Waals surface area contributed by atoms with Crippen LogP contribution in [-0.4, -0.2) is 29.4 Å². The number of ether oxygens (including phenoxy) is 2. The van der Waals surface area contributed by atoms with Gasteiger partial charge < -0.3 is 9.47 Å². The third-order valence-electron chi connectivity index (χ3n) is 5.08. The molecule has 9 heteroatoms. The Bertz CT molecular complexity index is 1140. The summed E-state index contributed by atoms with van der Waals surface area (Å²) in [6, 6.07) is 10.3. The summed E-state index contributed by atoms with van der Waals surface area (Å²) in [7, 11) is 1.48. The average molecular weight is 429 g/mol. The number of amides is 1. The van der Waals surface area contributed by atoms with Crippen molar-refractivity contribution in [2.45, 2.75) is 25.1 Å². The van der Waals surface area contributed by atoms with Crippen LogP contribution in [0.25, 0.3) is 0 Å². The third kappa shape index (κ3) is 4.30. The van der Waals surface area contributed by atoms with Crippen molar-refractivity contribution in [3.63, 3.8) is 0 Å². The Morgan fingerprint density at radius 2 is 1.97 bits per heavy atom. The predicted molar refractivity (Wildman–Crippen MR) is 106 cm³/mol. The fourth-order valence-corrected chi connectivity index (χ4v) is 3.59. The van der Waals surface area contributed by atoms with Crippen molar-refractivity contribution in [1.29, 1.82) is 0 Å². The molecule has 1 atom stereocenters. The molecule has 0 radical (unpaired) electrons. The number of rotatable bonds is 5. The highest BCUT2D eigenvalue weighted by atomic mass is 19.4. The molecular formula is C22H18F3N3O3. The summed E-state index contributed by atoms with van der Waals surface area (Å²) in [5.41, 5.74) is 1.41. The van der Waals surface area contributed by atoms with E-state index in [1.54, 1.807) is 24.4 Å². The van der Waals surface area contributed by atoms with Gasteiger partial charge in [0.25, 0.3) is 0 Å². The van der Waals surface area contributed by atoms with Crippen molar-refractivity contribution in [2.75, 3.05) is 7.11 Å². The Balaban J connectivity index is 1.60. The zero-order valence-electron chi connectivity index (χ0n) is 16.4. The lowest BCUT2D eigenvalue weighted by Gasteiger charge is -2.19. The first kappa shape index (κ1) is 20.6. The van der Waals surface area contributed by atoms with Gasteiger partial charge in [-0.2, -0.15) is 18.3 Å². The standard InChI is InChI=1S/C22H18F3N3O3/c1-30-20-8-14(31-12-13-4-2-3-5-18(13)22(23,24)25)6-7-15(20)16-9-21(29)26-11-19-17(16)10-27-28-19/h2-8,10-11,16H,9,12H2,1H3,(H,27,28). The molecule has 1 unspecified atom stereocenters. The van der Waals surface area contributed by atoms with Crippen LogP contribution in [0.1, 0.15) is 40.3 Å². The molecule has 1 aliphatic heterocycles. The van der Waals surface area contributed by atoms with Crippen molar-refractivity contribution >= 4 is 12.1 Å². The summed E-state index contributed by atoms with van der Waals surface area (Å²) in [6.07, 6.45) is -1.19. The minimum Gasteiger partial charge on any atom is -0.496 e. The second-order valence-electron chi connectivity index (χ2n) is 6.98. The average Bonchev–Trinajstić information content (AvgIpc) is 3.16. The Kier molecular flexibility index (Phi) is 5.50. The molecule has 1 aromatic heterocycles. The summed E-state index contributed by atoms with van der Waals surface area (Å²) < 4.78 is 50.7. The van der Waals surface area contributed by atoms with E-state index in [9.17, 15) is 18.0 Å². The van der Waals surface area contributed by atoms with Crippen LogP contribution in [-0.2, 0) is 17.6 Å². The number of nitrogens with one attached hydrogen (secondary N) is 1. The van der Waals surface area contributed by atoms with Gasteiger partial charge >= 0.3 is 6.18 Å². The zero-order chi connectivity index (χ0) is 22.0. The maximum atomic E-state index is 13.2. The number of benzene rings is 2. The molecule has 1 aliphatic rings. The molecule has 2 heterocycles. The van der Waals surface area contributed by atoms with E-state index in [0.29, 0.717) is 17.2 Å². The molecule has 0 fully saturated rings. The number of hydrogen-bond acceptors (Lipinski definition) is 4. The molecule has 0 spiro atoms. The number of aromatic nitrogens is 2. The second-order valence-corrected chi connectivity index (χ2v) is 6.98. The number of nitrogens with zero attached hydrogens (tertiary/aromatic N) is 2. The van der Waals surface area contributed by atoms with Gasteiger partial charge in [0.2, 0.25) is 5.91 Å². The first-order valence-corrected chi connectivity index (χ1v) is 9.43. The van der Waals surface area contributed by atoms with Gasteiger partial charge in [-0.15, -0.1) is 0 Å². The number of aliphatic imine (C=N–C) groups is 1. The SMILES string of the molecule is COc1cc(OCc2ccccc2C(F)(F)F)ccc1C1CC(=O)N=Cc2n[nH]cc21. The van der Waals surface area contributed by atoms with Gasteiger partial charge in [0, 0.05) is 41.3 Å². The van der Waals surface area contributed by atoms with Crippen LogP contribution >= 0.6 is 0 Å².